The maximum atomic E-state index is 10.3. The van der Waals surface area contributed by atoms with E-state index in [0.29, 0.717) is 0 Å². The van der Waals surface area contributed by atoms with Crippen LogP contribution in [-0.4, -0.2) is 22.5 Å². The Balaban J connectivity index is 2.25. The van der Waals surface area contributed by atoms with Crippen LogP contribution in [-0.2, 0) is 11.3 Å². The Morgan fingerprint density at radius 3 is 2.59 bits per heavy atom. The van der Waals surface area contributed by atoms with Crippen molar-refractivity contribution < 1.29 is 19.7 Å². The minimum absolute atomic E-state index is 0.247. The topological polar surface area (TPSA) is 73.8 Å². The van der Waals surface area contributed by atoms with Gasteiger partial charge in [-0.2, -0.15) is 0 Å². The molecule has 2 N–H and O–H groups in total. The number of aryl methyl sites for hydroxylation is 1. The van der Waals surface area contributed by atoms with Crippen LogP contribution < -0.4 is 4.57 Å². The lowest BCUT2D eigenvalue weighted by Crippen LogP contribution is -2.32. The summed E-state index contributed by atoms with van der Waals surface area (Å²) in [5, 5.41) is 19.8. The van der Waals surface area contributed by atoms with Crippen LogP contribution in [0.25, 0.3) is 0 Å². The predicted molar refractivity (Wildman–Crippen MR) is 62.1 cm³/mol. The van der Waals surface area contributed by atoms with Gasteiger partial charge >= 0.3 is 5.97 Å². The maximum Gasteiger partial charge on any atom is 0.303 e. The number of unbranched alkanes of at least 4 members (excludes halogenated alkanes) is 2. The third kappa shape index (κ3) is 5.65. The molecule has 1 aromatic rings. The third-order valence-electron chi connectivity index (χ3n) is 2.43. The van der Waals surface area contributed by atoms with E-state index in [4.69, 9.17) is 10.3 Å². The van der Waals surface area contributed by atoms with Crippen molar-refractivity contribution in [3.8, 4) is 0 Å². The van der Waals surface area contributed by atoms with Crippen LogP contribution in [0, 0.1) is 0 Å². The van der Waals surface area contributed by atoms with Gasteiger partial charge in [-0.05, 0) is 12.8 Å². The summed E-state index contributed by atoms with van der Waals surface area (Å²) in [5.74, 6) is -0.731. The largest absolute Gasteiger partial charge is 0.481 e. The molecule has 0 fully saturated rings. The number of aromatic nitrogens is 1. The average molecular weight is 237 g/mol. The van der Waals surface area contributed by atoms with Gasteiger partial charge in [0.15, 0.2) is 12.4 Å². The van der Waals surface area contributed by atoms with E-state index in [1.807, 2.05) is 29.1 Å². The molecule has 5 nitrogen and oxygen atoms in total. The van der Waals surface area contributed by atoms with E-state index in [-0.39, 0.29) is 6.42 Å². The van der Waals surface area contributed by atoms with Crippen LogP contribution in [0.15, 0.2) is 29.7 Å². The lowest BCUT2D eigenvalue weighted by atomic mass is 10.2. The van der Waals surface area contributed by atoms with E-state index >= 15 is 0 Å². The molecule has 1 rings (SSSR count). The Labute approximate surface area is 100 Å². The van der Waals surface area contributed by atoms with Crippen molar-refractivity contribution in [2.24, 2.45) is 5.16 Å². The molecule has 5 heteroatoms. The molecule has 1 heterocycles. The van der Waals surface area contributed by atoms with E-state index < -0.39 is 5.97 Å². The summed E-state index contributed by atoms with van der Waals surface area (Å²) in [7, 11) is 0. The molecule has 0 aliphatic carbocycles. The van der Waals surface area contributed by atoms with Gasteiger partial charge in [-0.15, -0.1) is 0 Å². The molecule has 0 aliphatic heterocycles. The molecule has 0 amide bonds. The highest BCUT2D eigenvalue weighted by atomic mass is 16.4. The number of hydrogen-bond acceptors (Lipinski definition) is 3. The molecule has 0 unspecified atom stereocenters. The zero-order valence-corrected chi connectivity index (χ0v) is 9.62. The number of pyridine rings is 1. The molecule has 0 atom stereocenters. The van der Waals surface area contributed by atoms with Gasteiger partial charge < -0.3 is 10.3 Å². The van der Waals surface area contributed by atoms with Gasteiger partial charge in [0.1, 0.15) is 6.54 Å². The highest BCUT2D eigenvalue weighted by Gasteiger charge is 2.01. The quantitative estimate of drug-likeness (QED) is 0.248. The first-order chi connectivity index (χ1) is 8.22. The second kappa shape index (κ2) is 7.38. The van der Waals surface area contributed by atoms with Crippen LogP contribution in [0.2, 0.25) is 0 Å². The fourth-order valence-electron chi connectivity index (χ4n) is 1.52. The summed E-state index contributed by atoms with van der Waals surface area (Å²) in [5.41, 5.74) is 0.842. The molecule has 0 saturated carbocycles. The maximum absolute atomic E-state index is 10.3. The van der Waals surface area contributed by atoms with E-state index in [1.165, 1.54) is 6.21 Å². The predicted octanol–water partition coefficient (Wildman–Crippen LogP) is 1.43. The van der Waals surface area contributed by atoms with Crippen molar-refractivity contribution in [2.75, 3.05) is 0 Å². The Morgan fingerprint density at radius 1 is 1.29 bits per heavy atom. The molecule has 92 valence electrons. The number of carboxylic acid groups (broad SMARTS) is 1. The Hall–Kier alpha value is -1.91. The minimum atomic E-state index is -0.731. The number of nitrogens with zero attached hydrogens (tertiary/aromatic N) is 2. The molecule has 0 radical (unpaired) electrons. The summed E-state index contributed by atoms with van der Waals surface area (Å²) >= 11 is 0. The van der Waals surface area contributed by atoms with Crippen molar-refractivity contribution in [1.82, 2.24) is 0 Å². The number of oxime groups is 1. The number of carbonyl (C=O) groups is 1. The number of carboxylic acids is 1. The molecule has 0 spiro atoms. The highest BCUT2D eigenvalue weighted by molar-refractivity contribution is 5.78. The average Bonchev–Trinajstić information content (AvgIpc) is 2.31. The lowest BCUT2D eigenvalue weighted by molar-refractivity contribution is -0.697. The zero-order valence-electron chi connectivity index (χ0n) is 9.62. The third-order valence-corrected chi connectivity index (χ3v) is 2.43. The smallest absolute Gasteiger partial charge is 0.303 e. The Kier molecular flexibility index (Phi) is 5.71. The standard InChI is InChI=1S/C12H16N2O3/c15-12(16)4-2-1-3-7-14-8-5-11(6-9-14)10-13-17/h5-6,8-10H,1-4,7H2,(H,15,16)/p+1. The van der Waals surface area contributed by atoms with Crippen molar-refractivity contribution in [3.63, 3.8) is 0 Å². The number of hydrogen-bond donors (Lipinski definition) is 2. The zero-order chi connectivity index (χ0) is 12.5. The van der Waals surface area contributed by atoms with Crippen molar-refractivity contribution >= 4 is 12.2 Å². The molecule has 0 saturated heterocycles. The van der Waals surface area contributed by atoms with Gasteiger partial charge in [-0.25, -0.2) is 4.57 Å². The Bertz CT molecular complexity index is 374. The summed E-state index contributed by atoms with van der Waals surface area (Å²) in [4.78, 5) is 10.3. The highest BCUT2D eigenvalue weighted by Crippen LogP contribution is 1.99. The fraction of sp³-hybridized carbons (Fsp3) is 0.417. The monoisotopic (exact) mass is 237 g/mol. The lowest BCUT2D eigenvalue weighted by Gasteiger charge is -1.97. The molecule has 0 aliphatic rings. The van der Waals surface area contributed by atoms with Crippen LogP contribution in [0.5, 0.6) is 0 Å². The molecule has 17 heavy (non-hydrogen) atoms. The summed E-state index contributed by atoms with van der Waals surface area (Å²) in [6.07, 6.45) is 8.05. The van der Waals surface area contributed by atoms with Crippen LogP contribution in [0.3, 0.4) is 0 Å². The summed E-state index contributed by atoms with van der Waals surface area (Å²) in [6, 6.07) is 3.72. The van der Waals surface area contributed by atoms with Gasteiger partial charge in [0.25, 0.3) is 0 Å². The van der Waals surface area contributed by atoms with Crippen molar-refractivity contribution in [1.29, 1.82) is 0 Å². The van der Waals surface area contributed by atoms with Crippen molar-refractivity contribution in [3.05, 3.63) is 30.1 Å². The van der Waals surface area contributed by atoms with Gasteiger partial charge in [0, 0.05) is 30.5 Å². The second-order valence-electron chi connectivity index (χ2n) is 3.82. The molecular weight excluding hydrogens is 220 g/mol. The minimum Gasteiger partial charge on any atom is -0.481 e. The summed E-state index contributed by atoms with van der Waals surface area (Å²) < 4.78 is 2.02. The first-order valence-electron chi connectivity index (χ1n) is 5.60. The molecule has 0 aromatic carbocycles. The molecular formula is C12H17N2O3+. The van der Waals surface area contributed by atoms with E-state index in [1.54, 1.807) is 0 Å². The first-order valence-corrected chi connectivity index (χ1v) is 5.60. The number of rotatable bonds is 7. The van der Waals surface area contributed by atoms with E-state index in [2.05, 4.69) is 5.16 Å². The van der Waals surface area contributed by atoms with Gasteiger partial charge in [-0.3, -0.25) is 4.79 Å². The van der Waals surface area contributed by atoms with Crippen LogP contribution in [0.1, 0.15) is 31.2 Å². The normalized spacial score (nSPS) is 10.8. The van der Waals surface area contributed by atoms with Gasteiger partial charge in [0.2, 0.25) is 0 Å². The first kappa shape index (κ1) is 13.2. The van der Waals surface area contributed by atoms with Crippen LogP contribution in [0.4, 0.5) is 0 Å². The second-order valence-corrected chi connectivity index (χ2v) is 3.82. The molecule has 0 bridgehead atoms. The van der Waals surface area contributed by atoms with Gasteiger partial charge in [-0.1, -0.05) is 5.16 Å². The van der Waals surface area contributed by atoms with Crippen molar-refractivity contribution in [2.45, 2.75) is 32.2 Å². The van der Waals surface area contributed by atoms with Gasteiger partial charge in [0.05, 0.1) is 6.21 Å². The number of aliphatic carboxylic acids is 1. The van der Waals surface area contributed by atoms with Crippen LogP contribution >= 0.6 is 0 Å². The SMILES string of the molecule is O=C(O)CCCCC[n+]1ccc(/C=N/O)cc1. The fourth-order valence-corrected chi connectivity index (χ4v) is 1.52. The van der Waals surface area contributed by atoms with E-state index in [9.17, 15) is 4.79 Å². The molecule has 1 aromatic heterocycles. The Morgan fingerprint density at radius 2 is 2.00 bits per heavy atom. The summed E-state index contributed by atoms with van der Waals surface area (Å²) in [6.45, 7) is 0.871. The van der Waals surface area contributed by atoms with E-state index in [0.717, 1.165) is 31.4 Å².